The maximum atomic E-state index is 11.5. The van der Waals surface area contributed by atoms with Gasteiger partial charge in [-0.15, -0.1) is 0 Å². The highest BCUT2D eigenvalue weighted by molar-refractivity contribution is 6.59. The molecule has 1 heterocycles. The summed E-state index contributed by atoms with van der Waals surface area (Å²) in [5.74, 6) is -0.923. The van der Waals surface area contributed by atoms with Crippen LogP contribution in [0.4, 0.5) is 0 Å². The Balaban J connectivity index is 2.69. The summed E-state index contributed by atoms with van der Waals surface area (Å²) >= 11 is 0. The summed E-state index contributed by atoms with van der Waals surface area (Å²) < 4.78 is 9.65. The molecule has 0 radical (unpaired) electrons. The topological polar surface area (TPSA) is 108 Å². The van der Waals surface area contributed by atoms with Gasteiger partial charge in [0.2, 0.25) is 0 Å². The third-order valence-corrected chi connectivity index (χ3v) is 2.49. The molecule has 0 bridgehead atoms. The number of carbonyl (C=O) groups is 1. The minimum Gasteiger partial charge on any atom is -0.497 e. The van der Waals surface area contributed by atoms with E-state index >= 15 is 0 Å². The molecule has 0 unspecified atom stereocenters. The highest BCUT2D eigenvalue weighted by Gasteiger charge is 2.45. The van der Waals surface area contributed by atoms with E-state index in [1.54, 1.807) is 13.2 Å². The Morgan fingerprint density at radius 3 is 3.12 bits per heavy atom. The number of nitrogens with zero attached hydrogens (tertiary/aromatic N) is 4. The fourth-order valence-corrected chi connectivity index (χ4v) is 1.84. The van der Waals surface area contributed by atoms with Crippen molar-refractivity contribution in [3.8, 4) is 6.26 Å². The fraction of sp³-hybridized carbons (Fsp3) is 0.750. The summed E-state index contributed by atoms with van der Waals surface area (Å²) in [4.78, 5) is 14.2. The number of esters is 1. The van der Waals surface area contributed by atoms with Crippen LogP contribution in [0.5, 0.6) is 0 Å². The lowest BCUT2D eigenvalue weighted by atomic mass is 9.58. The van der Waals surface area contributed by atoms with Crippen LogP contribution in [-0.2, 0) is 14.2 Å². The SMILES string of the molecule is CCOC(=O)[C@@H]1C[C@@H](N=[N+]=[N-])CB1OC#N. The quantitative estimate of drug-likeness (QED) is 0.179. The monoisotopic (exact) mass is 222 g/mol. The zero-order chi connectivity index (χ0) is 12.0. The third kappa shape index (κ3) is 2.81. The average molecular weight is 222 g/mol. The predicted octanol–water partition coefficient (Wildman–Crippen LogP) is 1.49. The van der Waals surface area contributed by atoms with Crippen LogP contribution in [0.3, 0.4) is 0 Å². The van der Waals surface area contributed by atoms with Crippen LogP contribution in [-0.4, -0.2) is 25.5 Å². The van der Waals surface area contributed by atoms with Gasteiger partial charge in [0.05, 0.1) is 12.4 Å². The molecular weight excluding hydrogens is 211 g/mol. The second-order valence-corrected chi connectivity index (χ2v) is 3.44. The number of hydrogen-bond acceptors (Lipinski definition) is 5. The molecule has 16 heavy (non-hydrogen) atoms. The van der Waals surface area contributed by atoms with Crippen LogP contribution in [0.1, 0.15) is 13.3 Å². The molecule has 1 saturated heterocycles. The van der Waals surface area contributed by atoms with Crippen molar-refractivity contribution in [1.82, 2.24) is 0 Å². The summed E-state index contributed by atoms with van der Waals surface area (Å²) in [6.07, 6.45) is 2.30. The van der Waals surface area contributed by atoms with E-state index in [1.165, 1.54) is 0 Å². The summed E-state index contributed by atoms with van der Waals surface area (Å²) in [5, 5.41) is 12.0. The van der Waals surface area contributed by atoms with Gasteiger partial charge in [-0.1, -0.05) is 5.11 Å². The van der Waals surface area contributed by atoms with Crippen molar-refractivity contribution in [2.75, 3.05) is 6.61 Å². The second kappa shape index (κ2) is 5.88. The number of hydrogen-bond donors (Lipinski definition) is 0. The van der Waals surface area contributed by atoms with Gasteiger partial charge < -0.3 is 9.39 Å². The van der Waals surface area contributed by atoms with Crippen LogP contribution in [0.25, 0.3) is 10.4 Å². The molecule has 0 aromatic carbocycles. The highest BCUT2D eigenvalue weighted by atomic mass is 16.5. The van der Waals surface area contributed by atoms with Gasteiger partial charge in [-0.2, -0.15) is 5.26 Å². The van der Waals surface area contributed by atoms with Crippen molar-refractivity contribution in [3.63, 3.8) is 0 Å². The smallest absolute Gasteiger partial charge is 0.388 e. The maximum absolute atomic E-state index is 11.5. The first kappa shape index (κ1) is 12.2. The van der Waals surface area contributed by atoms with Crippen molar-refractivity contribution in [2.24, 2.45) is 5.11 Å². The van der Waals surface area contributed by atoms with Gasteiger partial charge in [0.15, 0.2) is 0 Å². The van der Waals surface area contributed by atoms with Crippen molar-refractivity contribution >= 4 is 12.9 Å². The van der Waals surface area contributed by atoms with E-state index in [2.05, 4.69) is 10.0 Å². The predicted molar refractivity (Wildman–Crippen MR) is 55.2 cm³/mol. The molecule has 0 spiro atoms. The number of ether oxygens (including phenoxy) is 1. The van der Waals surface area contributed by atoms with Crippen LogP contribution in [0.2, 0.25) is 12.1 Å². The van der Waals surface area contributed by atoms with Crippen LogP contribution in [0, 0.1) is 11.5 Å². The fourth-order valence-electron chi connectivity index (χ4n) is 1.84. The number of azide groups is 1. The molecule has 84 valence electrons. The molecule has 0 N–H and O–H groups in total. The Morgan fingerprint density at radius 2 is 2.56 bits per heavy atom. The molecule has 1 rings (SSSR count). The minimum absolute atomic E-state index is 0.279. The highest BCUT2D eigenvalue weighted by Crippen LogP contribution is 2.34. The Morgan fingerprint density at radius 1 is 1.81 bits per heavy atom. The molecule has 0 aliphatic carbocycles. The van der Waals surface area contributed by atoms with Crippen molar-refractivity contribution in [1.29, 1.82) is 5.26 Å². The first-order chi connectivity index (χ1) is 7.72. The van der Waals surface area contributed by atoms with E-state index < -0.39 is 18.7 Å². The lowest BCUT2D eigenvalue weighted by molar-refractivity contribution is -0.143. The summed E-state index contributed by atoms with van der Waals surface area (Å²) in [5.41, 5.74) is 8.31. The van der Waals surface area contributed by atoms with E-state index in [9.17, 15) is 4.79 Å². The normalized spacial score (nSPS) is 23.1. The Hall–Kier alpha value is -1.87. The summed E-state index contributed by atoms with van der Waals surface area (Å²) in [6.45, 7) is 1.44. The van der Waals surface area contributed by atoms with Gasteiger partial charge in [0.1, 0.15) is 0 Å². The lowest BCUT2D eigenvalue weighted by Crippen LogP contribution is -2.25. The number of rotatable bonds is 4. The van der Waals surface area contributed by atoms with Gasteiger partial charge in [0.25, 0.3) is 6.26 Å². The van der Waals surface area contributed by atoms with Crippen molar-refractivity contribution < 1.29 is 14.2 Å². The van der Waals surface area contributed by atoms with Gasteiger partial charge in [0, 0.05) is 11.0 Å². The first-order valence-electron chi connectivity index (χ1n) is 4.98. The second-order valence-electron chi connectivity index (χ2n) is 3.44. The standard InChI is InChI=1S/C8H11BN4O3/c1-2-15-8(14)7-3-6(12-13-11)4-9(7)16-5-10/h6-7H,2-4H2,1H3/t6-,7+/m1/s1. The van der Waals surface area contributed by atoms with Crippen molar-refractivity contribution in [2.45, 2.75) is 31.5 Å². The van der Waals surface area contributed by atoms with Crippen LogP contribution >= 0.6 is 0 Å². The van der Waals surface area contributed by atoms with E-state index in [1.807, 2.05) is 0 Å². The van der Waals surface area contributed by atoms with Gasteiger partial charge >= 0.3 is 12.9 Å². The van der Waals surface area contributed by atoms with E-state index in [4.69, 9.17) is 20.2 Å². The largest absolute Gasteiger partial charge is 0.497 e. The molecule has 0 aromatic rings. The number of nitriles is 1. The van der Waals surface area contributed by atoms with Gasteiger partial charge in [-0.05, 0) is 25.2 Å². The van der Waals surface area contributed by atoms with Crippen LogP contribution in [0.15, 0.2) is 5.11 Å². The maximum Gasteiger partial charge on any atom is 0.388 e. The average Bonchev–Trinajstić information content (AvgIpc) is 2.63. The molecule has 1 aliphatic rings. The molecule has 0 saturated carbocycles. The molecule has 0 amide bonds. The zero-order valence-electron chi connectivity index (χ0n) is 8.87. The van der Waals surface area contributed by atoms with Crippen LogP contribution < -0.4 is 0 Å². The number of carbonyl (C=O) groups excluding carboxylic acids is 1. The first-order valence-corrected chi connectivity index (χ1v) is 4.98. The molecular formula is C8H11BN4O3. The molecule has 2 atom stereocenters. The Labute approximate surface area is 93.1 Å². The summed E-state index contributed by atoms with van der Waals surface area (Å²) in [7, 11) is 0. The lowest BCUT2D eigenvalue weighted by Gasteiger charge is -2.11. The third-order valence-electron chi connectivity index (χ3n) is 2.49. The van der Waals surface area contributed by atoms with Gasteiger partial charge in [-0.25, -0.2) is 0 Å². The van der Waals surface area contributed by atoms with Gasteiger partial charge in [-0.3, -0.25) is 4.79 Å². The zero-order valence-corrected chi connectivity index (χ0v) is 8.87. The molecule has 1 aliphatic heterocycles. The van der Waals surface area contributed by atoms with Crippen molar-refractivity contribution in [3.05, 3.63) is 10.4 Å². The molecule has 0 aromatic heterocycles. The van der Waals surface area contributed by atoms with E-state index in [0.717, 1.165) is 0 Å². The minimum atomic E-state index is -0.542. The summed E-state index contributed by atoms with van der Waals surface area (Å²) in [6, 6.07) is -0.308. The molecule has 8 heteroatoms. The van der Waals surface area contributed by atoms with E-state index in [-0.39, 0.29) is 12.6 Å². The van der Waals surface area contributed by atoms with E-state index in [0.29, 0.717) is 12.7 Å². The molecule has 7 nitrogen and oxygen atoms in total. The molecule has 1 fully saturated rings. The Bertz CT molecular complexity index is 350. The Kier molecular flexibility index (Phi) is 4.49.